The Labute approximate surface area is 314 Å². The van der Waals surface area contributed by atoms with Gasteiger partial charge in [0.2, 0.25) is 0 Å². The fourth-order valence-corrected chi connectivity index (χ4v) is 5.42. The number of hydrogen-bond acceptors (Lipinski definition) is 10. The first-order chi connectivity index (χ1) is 26.3. The average molecular weight is 728 g/mol. The number of carbonyl (C=O) groups is 3. The van der Waals surface area contributed by atoms with E-state index >= 15 is 0 Å². The number of rotatable bonds is 19. The van der Waals surface area contributed by atoms with E-state index in [-0.39, 0.29) is 70.6 Å². The largest absolute Gasteiger partial charge is 0.487 e. The molecule has 0 aliphatic rings. The topological polar surface area (TPSA) is 130 Å². The second-order valence-electron chi connectivity index (χ2n) is 12.0. The molecule has 0 saturated carbocycles. The Morgan fingerprint density at radius 3 is 1.26 bits per heavy atom. The molecule has 0 amide bonds. The molecule has 54 heavy (non-hydrogen) atoms. The summed E-state index contributed by atoms with van der Waals surface area (Å²) < 4.78 is 32.5. The minimum absolute atomic E-state index is 0.145. The highest BCUT2D eigenvalue weighted by molar-refractivity contribution is 6.09. The van der Waals surface area contributed by atoms with Crippen LogP contribution < -0.4 is 9.47 Å². The van der Waals surface area contributed by atoms with Crippen molar-refractivity contribution >= 4 is 17.7 Å². The van der Waals surface area contributed by atoms with Crippen molar-refractivity contribution in [3.63, 3.8) is 0 Å². The van der Waals surface area contributed by atoms with Crippen LogP contribution in [0.3, 0.4) is 0 Å². The molecule has 0 spiro atoms. The van der Waals surface area contributed by atoms with Crippen LogP contribution >= 0.6 is 0 Å². The molecular formula is C44H41NO9. The maximum Gasteiger partial charge on any atom is 0.302 e. The van der Waals surface area contributed by atoms with Crippen LogP contribution in [0.5, 0.6) is 11.5 Å². The van der Waals surface area contributed by atoms with Gasteiger partial charge in [0.1, 0.15) is 26.4 Å². The first-order valence-electron chi connectivity index (χ1n) is 17.5. The minimum atomic E-state index is -0.377. The SMILES string of the molecule is CC(=O)OCCOCCOc1ccc(C(=O)c2ccc(-c3ccc(-c4ccc(-c5ccc(C#N)cc5)cc4)cc3)cc2)cc1OCCOCCOC(C)=O. The van der Waals surface area contributed by atoms with E-state index in [1.165, 1.54) is 13.8 Å². The molecule has 10 heteroatoms. The first kappa shape index (κ1) is 38.9. The number of nitriles is 1. The zero-order valence-electron chi connectivity index (χ0n) is 30.2. The van der Waals surface area contributed by atoms with Crippen LogP contribution in [0.2, 0.25) is 0 Å². The predicted octanol–water partition coefficient (Wildman–Crippen LogP) is 7.71. The van der Waals surface area contributed by atoms with E-state index in [1.54, 1.807) is 18.2 Å². The van der Waals surface area contributed by atoms with Crippen LogP contribution in [-0.2, 0) is 28.5 Å². The van der Waals surface area contributed by atoms with E-state index in [4.69, 9.17) is 33.7 Å². The first-order valence-corrected chi connectivity index (χ1v) is 17.5. The summed E-state index contributed by atoms with van der Waals surface area (Å²) in [5, 5.41) is 9.06. The number of carbonyl (C=O) groups excluding carboxylic acids is 3. The molecule has 0 saturated heterocycles. The Morgan fingerprint density at radius 1 is 0.463 bits per heavy atom. The van der Waals surface area contributed by atoms with Gasteiger partial charge in [-0.15, -0.1) is 0 Å². The third-order valence-corrected chi connectivity index (χ3v) is 8.17. The lowest BCUT2D eigenvalue weighted by atomic mass is 9.96. The molecule has 0 aromatic heterocycles. The van der Waals surface area contributed by atoms with Crippen molar-refractivity contribution in [2.45, 2.75) is 13.8 Å². The van der Waals surface area contributed by atoms with Gasteiger partial charge in [-0.3, -0.25) is 14.4 Å². The monoisotopic (exact) mass is 727 g/mol. The maximum absolute atomic E-state index is 13.6. The van der Waals surface area contributed by atoms with Gasteiger partial charge in [-0.2, -0.15) is 5.26 Å². The van der Waals surface area contributed by atoms with Crippen molar-refractivity contribution in [3.8, 4) is 50.9 Å². The molecule has 5 aromatic carbocycles. The molecule has 0 heterocycles. The lowest BCUT2D eigenvalue weighted by Crippen LogP contribution is -2.14. The summed E-state index contributed by atoms with van der Waals surface area (Å²) in [4.78, 5) is 35.4. The number of esters is 2. The van der Waals surface area contributed by atoms with Crippen LogP contribution in [0, 0.1) is 11.3 Å². The second-order valence-corrected chi connectivity index (χ2v) is 12.0. The smallest absolute Gasteiger partial charge is 0.302 e. The zero-order valence-corrected chi connectivity index (χ0v) is 30.2. The molecule has 5 aromatic rings. The molecule has 0 bridgehead atoms. The molecule has 0 atom stereocenters. The van der Waals surface area contributed by atoms with Gasteiger partial charge in [0.15, 0.2) is 17.3 Å². The van der Waals surface area contributed by atoms with E-state index in [1.807, 2.05) is 48.5 Å². The number of nitrogens with zero attached hydrogens (tertiary/aromatic N) is 1. The summed E-state index contributed by atoms with van der Waals surface area (Å²) >= 11 is 0. The summed E-state index contributed by atoms with van der Waals surface area (Å²) in [5.41, 5.74) is 7.90. The molecule has 0 unspecified atom stereocenters. The molecule has 0 N–H and O–H groups in total. The van der Waals surface area contributed by atoms with Gasteiger partial charge < -0.3 is 28.4 Å². The van der Waals surface area contributed by atoms with Crippen LogP contribution in [0.4, 0.5) is 0 Å². The van der Waals surface area contributed by atoms with Gasteiger partial charge in [-0.05, 0) is 63.7 Å². The average Bonchev–Trinajstić information content (AvgIpc) is 3.20. The highest BCUT2D eigenvalue weighted by Gasteiger charge is 2.15. The van der Waals surface area contributed by atoms with Gasteiger partial charge in [0.05, 0.1) is 38.1 Å². The van der Waals surface area contributed by atoms with Gasteiger partial charge in [0, 0.05) is 25.0 Å². The van der Waals surface area contributed by atoms with Gasteiger partial charge in [-0.25, -0.2) is 0 Å². The molecule has 0 fully saturated rings. The van der Waals surface area contributed by atoms with Gasteiger partial charge in [0.25, 0.3) is 0 Å². The Bertz CT molecular complexity index is 2030. The standard InChI is InChI=1S/C44H41NO9/c1-31(46)51-25-21-49-23-27-53-42-20-19-41(29-43(42)54-28-24-50-22-26-52-32(2)47)44(48)40-17-15-39(16-18-40)38-13-11-37(12-14-38)36-9-7-35(8-10-36)34-5-3-33(30-45)4-6-34/h3-20,29H,21-28H2,1-2H3. The highest BCUT2D eigenvalue weighted by Crippen LogP contribution is 2.31. The van der Waals surface area contributed by atoms with Crippen LogP contribution in [0.25, 0.3) is 33.4 Å². The van der Waals surface area contributed by atoms with Gasteiger partial charge >= 0.3 is 11.9 Å². The van der Waals surface area contributed by atoms with E-state index in [2.05, 4.69) is 54.6 Å². The molecular weight excluding hydrogens is 686 g/mol. The lowest BCUT2D eigenvalue weighted by Gasteiger charge is -2.15. The molecule has 0 aliphatic carbocycles. The van der Waals surface area contributed by atoms with E-state index < -0.39 is 0 Å². The second kappa shape index (κ2) is 20.1. The Balaban J connectivity index is 1.20. The van der Waals surface area contributed by atoms with Crippen molar-refractivity contribution in [2.75, 3.05) is 52.9 Å². The van der Waals surface area contributed by atoms with Crippen molar-refractivity contribution in [1.82, 2.24) is 0 Å². The number of hydrogen-bond donors (Lipinski definition) is 0. The van der Waals surface area contributed by atoms with Gasteiger partial charge in [-0.1, -0.05) is 84.9 Å². The minimum Gasteiger partial charge on any atom is -0.487 e. The van der Waals surface area contributed by atoms with Crippen LogP contribution in [-0.4, -0.2) is 70.6 Å². The number of ketones is 1. The quantitative estimate of drug-likeness (QED) is 0.0474. The van der Waals surface area contributed by atoms with E-state index in [0.29, 0.717) is 28.2 Å². The predicted molar refractivity (Wildman–Crippen MR) is 203 cm³/mol. The summed E-state index contributed by atoms with van der Waals surface area (Å²) in [6.45, 7) is 4.30. The third-order valence-electron chi connectivity index (χ3n) is 8.17. The zero-order chi connectivity index (χ0) is 38.1. The number of ether oxygens (including phenoxy) is 6. The van der Waals surface area contributed by atoms with Crippen molar-refractivity contribution in [2.24, 2.45) is 0 Å². The molecule has 0 radical (unpaired) electrons. The van der Waals surface area contributed by atoms with E-state index in [9.17, 15) is 14.4 Å². The fraction of sp³-hybridized carbons (Fsp3) is 0.227. The van der Waals surface area contributed by atoms with Crippen molar-refractivity contribution < 1.29 is 42.8 Å². The Kier molecular flexibility index (Phi) is 14.5. The summed E-state index contributed by atoms with van der Waals surface area (Å²) in [7, 11) is 0. The number of benzene rings is 5. The lowest BCUT2D eigenvalue weighted by molar-refractivity contribution is -0.143. The molecule has 276 valence electrons. The molecule has 0 aliphatic heterocycles. The normalized spacial score (nSPS) is 10.6. The fourth-order valence-electron chi connectivity index (χ4n) is 5.42. The van der Waals surface area contributed by atoms with E-state index in [0.717, 1.165) is 33.4 Å². The highest BCUT2D eigenvalue weighted by atomic mass is 16.6. The van der Waals surface area contributed by atoms with Crippen LogP contribution in [0.15, 0.2) is 115 Å². The van der Waals surface area contributed by atoms with Crippen LogP contribution in [0.1, 0.15) is 35.3 Å². The third kappa shape index (κ3) is 11.6. The summed E-state index contributed by atoms with van der Waals surface area (Å²) in [6, 6.07) is 38.8. The molecule has 10 nitrogen and oxygen atoms in total. The van der Waals surface area contributed by atoms with Crippen molar-refractivity contribution in [3.05, 3.63) is 132 Å². The Morgan fingerprint density at radius 2 is 0.833 bits per heavy atom. The summed E-state index contributed by atoms with van der Waals surface area (Å²) in [6.07, 6.45) is 0. The molecule has 5 rings (SSSR count). The maximum atomic E-state index is 13.6. The van der Waals surface area contributed by atoms with Crippen molar-refractivity contribution in [1.29, 1.82) is 5.26 Å². The summed E-state index contributed by atoms with van der Waals surface area (Å²) in [5.74, 6) is -0.132. The Hall–Kier alpha value is -6.28.